The highest BCUT2D eigenvalue weighted by molar-refractivity contribution is 8.18. The molecule has 2 aromatic rings. The summed E-state index contributed by atoms with van der Waals surface area (Å²) in [5, 5.41) is 0.669. The van der Waals surface area contributed by atoms with Gasteiger partial charge in [0.2, 0.25) is 0 Å². The Kier molecular flexibility index (Phi) is 6.99. The van der Waals surface area contributed by atoms with Crippen molar-refractivity contribution in [2.45, 2.75) is 26.7 Å². The number of methoxy groups -OCH3 is 1. The minimum absolute atomic E-state index is 0.0652. The smallest absolute Gasteiger partial charge is 0.266 e. The zero-order chi connectivity index (χ0) is 20.8. The summed E-state index contributed by atoms with van der Waals surface area (Å²) in [7, 11) is 3.37. The number of likely N-dealkylation sites (N-methyl/N-ethyl adjacent to an activating group) is 1. The normalized spacial score (nSPS) is 16.7. The summed E-state index contributed by atoms with van der Waals surface area (Å²) >= 11 is 1.38. The molecular formula is C23H26N2O3S. The Hall–Kier alpha value is -2.73. The maximum absolute atomic E-state index is 12.7. The highest BCUT2D eigenvalue weighted by Gasteiger charge is 2.30. The zero-order valence-electron chi connectivity index (χ0n) is 17.3. The summed E-state index contributed by atoms with van der Waals surface area (Å²) in [6.07, 6.45) is 3.93. The molecule has 0 bridgehead atoms. The molecular weight excluding hydrogens is 384 g/mol. The van der Waals surface area contributed by atoms with Crippen LogP contribution in [0.2, 0.25) is 0 Å². The molecule has 0 spiro atoms. The largest absolute Gasteiger partial charge is 0.493 e. The van der Waals surface area contributed by atoms with E-state index in [0.717, 1.165) is 29.7 Å². The fourth-order valence-electron chi connectivity index (χ4n) is 2.81. The van der Waals surface area contributed by atoms with Crippen LogP contribution in [-0.4, -0.2) is 36.7 Å². The molecule has 2 aromatic carbocycles. The molecule has 0 aromatic heterocycles. The summed E-state index contributed by atoms with van der Waals surface area (Å²) < 4.78 is 11.2. The Morgan fingerprint density at radius 1 is 1.17 bits per heavy atom. The van der Waals surface area contributed by atoms with Crippen molar-refractivity contribution >= 4 is 34.6 Å². The molecule has 1 aliphatic rings. The van der Waals surface area contributed by atoms with Crippen LogP contribution in [0.1, 0.15) is 30.9 Å². The number of amidine groups is 1. The molecule has 3 rings (SSSR count). The van der Waals surface area contributed by atoms with E-state index in [-0.39, 0.29) is 5.91 Å². The average molecular weight is 411 g/mol. The lowest BCUT2D eigenvalue weighted by Gasteiger charge is -2.11. The van der Waals surface area contributed by atoms with E-state index >= 15 is 0 Å². The highest BCUT2D eigenvalue weighted by Crippen LogP contribution is 2.35. The first-order valence-corrected chi connectivity index (χ1v) is 10.5. The van der Waals surface area contributed by atoms with Gasteiger partial charge in [0.25, 0.3) is 5.91 Å². The summed E-state index contributed by atoms with van der Waals surface area (Å²) in [6, 6.07) is 13.6. The van der Waals surface area contributed by atoms with Gasteiger partial charge in [-0.15, -0.1) is 0 Å². The third kappa shape index (κ3) is 5.01. The van der Waals surface area contributed by atoms with Crippen molar-refractivity contribution in [2.75, 3.05) is 20.8 Å². The van der Waals surface area contributed by atoms with Crippen molar-refractivity contribution in [1.29, 1.82) is 0 Å². The monoisotopic (exact) mass is 410 g/mol. The number of aryl methyl sites for hydroxylation is 1. The summed E-state index contributed by atoms with van der Waals surface area (Å²) in [6.45, 7) is 4.79. The van der Waals surface area contributed by atoms with Crippen molar-refractivity contribution in [2.24, 2.45) is 4.99 Å². The third-order valence-corrected chi connectivity index (χ3v) is 5.64. The second-order valence-electron chi connectivity index (χ2n) is 6.77. The molecule has 0 atom stereocenters. The molecule has 0 radical (unpaired) electrons. The van der Waals surface area contributed by atoms with Gasteiger partial charge in [-0.2, -0.15) is 0 Å². The van der Waals surface area contributed by atoms with Gasteiger partial charge in [0.1, 0.15) is 0 Å². The van der Waals surface area contributed by atoms with E-state index in [0.29, 0.717) is 28.2 Å². The maximum atomic E-state index is 12.7. The van der Waals surface area contributed by atoms with Crippen LogP contribution < -0.4 is 9.47 Å². The Balaban J connectivity index is 1.83. The molecule has 0 N–H and O–H groups in total. The number of carbonyl (C=O) groups is 1. The summed E-state index contributed by atoms with van der Waals surface area (Å²) in [5.41, 5.74) is 2.82. The van der Waals surface area contributed by atoms with E-state index < -0.39 is 0 Å². The van der Waals surface area contributed by atoms with E-state index in [4.69, 9.17) is 9.47 Å². The fourth-order valence-corrected chi connectivity index (χ4v) is 3.79. The van der Waals surface area contributed by atoms with Crippen molar-refractivity contribution in [3.63, 3.8) is 0 Å². The number of ether oxygens (including phenoxy) is 2. The zero-order valence-corrected chi connectivity index (χ0v) is 18.1. The number of unbranched alkanes of at least 4 members (excludes halogenated alkanes) is 1. The van der Waals surface area contributed by atoms with Crippen molar-refractivity contribution < 1.29 is 14.3 Å². The number of aliphatic imine (C=N–C) groups is 1. The van der Waals surface area contributed by atoms with Gasteiger partial charge in [-0.25, -0.2) is 4.99 Å². The van der Waals surface area contributed by atoms with Crippen LogP contribution in [0, 0.1) is 6.92 Å². The molecule has 1 heterocycles. The van der Waals surface area contributed by atoms with Crippen LogP contribution >= 0.6 is 11.8 Å². The molecule has 1 amide bonds. The predicted octanol–water partition coefficient (Wildman–Crippen LogP) is 5.42. The lowest BCUT2D eigenvalue weighted by Crippen LogP contribution is -2.23. The number of rotatable bonds is 7. The average Bonchev–Trinajstić information content (AvgIpc) is 2.98. The third-order valence-electron chi connectivity index (χ3n) is 4.58. The van der Waals surface area contributed by atoms with Gasteiger partial charge in [0.15, 0.2) is 16.7 Å². The van der Waals surface area contributed by atoms with Gasteiger partial charge in [-0.1, -0.05) is 37.6 Å². The van der Waals surface area contributed by atoms with E-state index in [2.05, 4.69) is 11.9 Å². The number of carbonyl (C=O) groups excluding carboxylic acids is 1. The number of hydrogen-bond acceptors (Lipinski definition) is 5. The Morgan fingerprint density at radius 3 is 2.69 bits per heavy atom. The number of para-hydroxylation sites is 1. The van der Waals surface area contributed by atoms with Crippen LogP contribution in [-0.2, 0) is 4.79 Å². The van der Waals surface area contributed by atoms with Crippen LogP contribution in [0.5, 0.6) is 11.5 Å². The Morgan fingerprint density at radius 2 is 1.97 bits per heavy atom. The first-order valence-electron chi connectivity index (χ1n) is 9.66. The van der Waals surface area contributed by atoms with E-state index in [1.54, 1.807) is 19.1 Å². The van der Waals surface area contributed by atoms with Crippen LogP contribution in [0.4, 0.5) is 5.69 Å². The first kappa shape index (κ1) is 21.0. The molecule has 6 heteroatoms. The van der Waals surface area contributed by atoms with Gasteiger partial charge < -0.3 is 9.47 Å². The Labute approximate surface area is 176 Å². The number of hydrogen-bond donors (Lipinski definition) is 0. The standard InChI is InChI=1S/C23H26N2O3S/c1-5-6-13-28-19-12-11-17(14-20(19)27-4)15-21-22(26)25(3)23(29-21)24-18-10-8-7-9-16(18)2/h7-12,14-15H,5-6,13H2,1-4H3/b21-15+,24-23?. The SMILES string of the molecule is CCCCOc1ccc(/C=C2/SC(=Nc3ccccc3C)N(C)C2=O)cc1OC. The van der Waals surface area contributed by atoms with Gasteiger partial charge >= 0.3 is 0 Å². The van der Waals surface area contributed by atoms with Crippen LogP contribution in [0.25, 0.3) is 6.08 Å². The van der Waals surface area contributed by atoms with Gasteiger partial charge in [-0.05, 0) is 60.5 Å². The van der Waals surface area contributed by atoms with Crippen molar-refractivity contribution in [3.8, 4) is 11.5 Å². The fraction of sp³-hybridized carbons (Fsp3) is 0.304. The predicted molar refractivity (Wildman–Crippen MR) is 120 cm³/mol. The molecule has 5 nitrogen and oxygen atoms in total. The number of nitrogens with zero attached hydrogens (tertiary/aromatic N) is 2. The first-order chi connectivity index (χ1) is 14.0. The van der Waals surface area contributed by atoms with Crippen LogP contribution in [0.3, 0.4) is 0 Å². The van der Waals surface area contributed by atoms with Crippen molar-refractivity contribution in [3.05, 3.63) is 58.5 Å². The lowest BCUT2D eigenvalue weighted by atomic mass is 10.2. The van der Waals surface area contributed by atoms with E-state index in [1.807, 2.05) is 55.5 Å². The molecule has 1 saturated heterocycles. The number of benzene rings is 2. The topological polar surface area (TPSA) is 51.1 Å². The minimum Gasteiger partial charge on any atom is -0.493 e. The molecule has 29 heavy (non-hydrogen) atoms. The van der Waals surface area contributed by atoms with Crippen molar-refractivity contribution in [1.82, 2.24) is 4.90 Å². The van der Waals surface area contributed by atoms with E-state index in [1.165, 1.54) is 11.8 Å². The van der Waals surface area contributed by atoms with Crippen LogP contribution in [0.15, 0.2) is 52.4 Å². The molecule has 0 saturated carbocycles. The van der Waals surface area contributed by atoms with Gasteiger partial charge in [0, 0.05) is 7.05 Å². The molecule has 152 valence electrons. The lowest BCUT2D eigenvalue weighted by molar-refractivity contribution is -0.121. The Bertz CT molecular complexity index is 953. The second-order valence-corrected chi connectivity index (χ2v) is 7.78. The molecule has 1 fully saturated rings. The molecule has 0 aliphatic carbocycles. The minimum atomic E-state index is -0.0652. The number of thioether (sulfide) groups is 1. The summed E-state index contributed by atoms with van der Waals surface area (Å²) in [5.74, 6) is 1.31. The highest BCUT2D eigenvalue weighted by atomic mass is 32.2. The van der Waals surface area contributed by atoms with E-state index in [9.17, 15) is 4.79 Å². The summed E-state index contributed by atoms with van der Waals surface area (Å²) in [4.78, 5) is 19.6. The second kappa shape index (κ2) is 9.65. The molecule has 0 unspecified atom stereocenters. The van der Waals surface area contributed by atoms with Gasteiger partial charge in [0.05, 0.1) is 24.3 Å². The van der Waals surface area contributed by atoms with Gasteiger partial charge in [-0.3, -0.25) is 9.69 Å². The maximum Gasteiger partial charge on any atom is 0.266 e. The number of amides is 1. The molecule has 1 aliphatic heterocycles. The quantitative estimate of drug-likeness (QED) is 0.452.